The summed E-state index contributed by atoms with van der Waals surface area (Å²) < 4.78 is 0. The van der Waals surface area contributed by atoms with Crippen LogP contribution in [0.25, 0.3) is 10.9 Å². The third-order valence-corrected chi connectivity index (χ3v) is 4.14. The molecule has 116 valence electrons. The van der Waals surface area contributed by atoms with Crippen LogP contribution in [-0.2, 0) is 11.2 Å². The molecular formula is C19H14N4O. The van der Waals surface area contributed by atoms with E-state index in [0.29, 0.717) is 12.0 Å². The first kappa shape index (κ1) is 14.2. The van der Waals surface area contributed by atoms with Crippen LogP contribution in [-0.4, -0.2) is 10.9 Å². The second-order valence-electron chi connectivity index (χ2n) is 5.75. The Kier molecular flexibility index (Phi) is 3.36. The molecule has 2 N–H and O–H groups in total. The Bertz CT molecular complexity index is 1000. The van der Waals surface area contributed by atoms with Crippen molar-refractivity contribution in [2.45, 2.75) is 12.8 Å². The normalized spacial score (nSPS) is 13.0. The van der Waals surface area contributed by atoms with Crippen molar-refractivity contribution in [3.63, 3.8) is 0 Å². The van der Waals surface area contributed by atoms with Gasteiger partial charge in [-0.3, -0.25) is 9.78 Å². The van der Waals surface area contributed by atoms with Gasteiger partial charge in [0, 0.05) is 23.2 Å². The first-order valence-corrected chi connectivity index (χ1v) is 7.71. The standard InChI is InChI=1S/C19H14N4O/c20-10-13-2-1-3-18-16(13)9-15(11-21-18)22-14-5-6-17-12(8-14)4-7-19(24)23-17/h1-3,5-6,8-9,11,22H,4,7H2,(H,23,24). The molecule has 0 atom stereocenters. The van der Waals surface area contributed by atoms with Gasteiger partial charge in [-0.2, -0.15) is 5.26 Å². The van der Waals surface area contributed by atoms with Crippen molar-refractivity contribution in [3.05, 3.63) is 59.8 Å². The van der Waals surface area contributed by atoms with E-state index in [1.54, 1.807) is 12.3 Å². The van der Waals surface area contributed by atoms with Crippen molar-refractivity contribution < 1.29 is 4.79 Å². The van der Waals surface area contributed by atoms with Crippen molar-refractivity contribution in [1.29, 1.82) is 5.26 Å². The predicted octanol–water partition coefficient (Wildman–Crippen LogP) is 3.73. The lowest BCUT2D eigenvalue weighted by Crippen LogP contribution is -2.18. The van der Waals surface area contributed by atoms with Gasteiger partial charge in [0.15, 0.2) is 0 Å². The summed E-state index contributed by atoms with van der Waals surface area (Å²) in [6, 6.07) is 15.5. The molecule has 4 rings (SSSR count). The number of aromatic nitrogens is 1. The molecule has 0 aliphatic carbocycles. The van der Waals surface area contributed by atoms with Crippen LogP contribution >= 0.6 is 0 Å². The first-order valence-electron chi connectivity index (χ1n) is 7.71. The highest BCUT2D eigenvalue weighted by molar-refractivity contribution is 5.94. The Morgan fingerprint density at radius 2 is 2.04 bits per heavy atom. The molecule has 3 aromatic rings. The summed E-state index contributed by atoms with van der Waals surface area (Å²) in [6.45, 7) is 0. The van der Waals surface area contributed by atoms with Gasteiger partial charge in [0.05, 0.1) is 29.0 Å². The Labute approximate surface area is 138 Å². The van der Waals surface area contributed by atoms with Crippen LogP contribution in [0.15, 0.2) is 48.7 Å². The van der Waals surface area contributed by atoms with Crippen LogP contribution in [0, 0.1) is 11.3 Å². The highest BCUT2D eigenvalue weighted by Gasteiger charge is 2.14. The number of anilines is 3. The SMILES string of the molecule is N#Cc1cccc2ncc(Nc3ccc4c(c3)CCC(=O)N4)cc12. The number of pyridine rings is 1. The van der Waals surface area contributed by atoms with Gasteiger partial charge >= 0.3 is 0 Å². The molecular weight excluding hydrogens is 300 g/mol. The lowest BCUT2D eigenvalue weighted by atomic mass is 10.0. The van der Waals surface area contributed by atoms with Crippen molar-refractivity contribution in [3.8, 4) is 6.07 Å². The Morgan fingerprint density at radius 1 is 1.12 bits per heavy atom. The maximum atomic E-state index is 11.4. The van der Waals surface area contributed by atoms with Crippen LogP contribution in [0.4, 0.5) is 17.1 Å². The Hall–Kier alpha value is -3.39. The smallest absolute Gasteiger partial charge is 0.224 e. The number of rotatable bonds is 2. The van der Waals surface area contributed by atoms with E-state index in [1.807, 2.05) is 36.4 Å². The molecule has 1 amide bonds. The Balaban J connectivity index is 1.67. The van der Waals surface area contributed by atoms with Gasteiger partial charge < -0.3 is 10.6 Å². The zero-order valence-corrected chi connectivity index (χ0v) is 12.8. The van der Waals surface area contributed by atoms with E-state index in [9.17, 15) is 10.1 Å². The molecule has 0 fully saturated rings. The number of hydrogen-bond donors (Lipinski definition) is 2. The summed E-state index contributed by atoms with van der Waals surface area (Å²) >= 11 is 0. The maximum Gasteiger partial charge on any atom is 0.224 e. The molecule has 0 spiro atoms. The highest BCUT2D eigenvalue weighted by atomic mass is 16.1. The second kappa shape index (κ2) is 5.67. The summed E-state index contributed by atoms with van der Waals surface area (Å²) in [4.78, 5) is 15.8. The molecule has 24 heavy (non-hydrogen) atoms. The number of hydrogen-bond acceptors (Lipinski definition) is 4. The van der Waals surface area contributed by atoms with Crippen LogP contribution < -0.4 is 10.6 Å². The lowest BCUT2D eigenvalue weighted by molar-refractivity contribution is -0.116. The van der Waals surface area contributed by atoms with E-state index in [0.717, 1.165) is 39.9 Å². The molecule has 1 aliphatic heterocycles. The fourth-order valence-electron chi connectivity index (χ4n) is 2.94. The van der Waals surface area contributed by atoms with Gasteiger partial charge in [-0.1, -0.05) is 6.07 Å². The molecule has 0 saturated heterocycles. The number of benzene rings is 2. The lowest BCUT2D eigenvalue weighted by Gasteiger charge is -2.18. The minimum Gasteiger partial charge on any atom is -0.354 e. The second-order valence-corrected chi connectivity index (χ2v) is 5.75. The van der Waals surface area contributed by atoms with E-state index in [1.165, 1.54) is 0 Å². The van der Waals surface area contributed by atoms with Crippen LogP contribution in [0.1, 0.15) is 17.5 Å². The topological polar surface area (TPSA) is 77.8 Å². The summed E-state index contributed by atoms with van der Waals surface area (Å²) in [5.74, 6) is 0.0611. The van der Waals surface area contributed by atoms with Crippen LogP contribution in [0.2, 0.25) is 0 Å². The van der Waals surface area contributed by atoms with Gasteiger partial charge in [-0.05, 0) is 48.4 Å². The van der Waals surface area contributed by atoms with Crippen molar-refractivity contribution in [2.24, 2.45) is 0 Å². The van der Waals surface area contributed by atoms with E-state index >= 15 is 0 Å². The largest absolute Gasteiger partial charge is 0.354 e. The van der Waals surface area contributed by atoms with Crippen molar-refractivity contribution in [1.82, 2.24) is 4.98 Å². The van der Waals surface area contributed by atoms with Gasteiger partial charge in [0.25, 0.3) is 0 Å². The number of nitrogens with one attached hydrogen (secondary N) is 2. The summed E-state index contributed by atoms with van der Waals surface area (Å²) in [7, 11) is 0. The molecule has 1 aliphatic rings. The van der Waals surface area contributed by atoms with Gasteiger partial charge in [-0.15, -0.1) is 0 Å². The molecule has 0 saturated carbocycles. The van der Waals surface area contributed by atoms with E-state index in [2.05, 4.69) is 21.7 Å². The molecule has 0 unspecified atom stereocenters. The number of fused-ring (bicyclic) bond motifs is 2. The minimum absolute atomic E-state index is 0.0611. The summed E-state index contributed by atoms with van der Waals surface area (Å²) in [5.41, 5.74) is 5.15. The first-order chi connectivity index (χ1) is 11.7. The summed E-state index contributed by atoms with van der Waals surface area (Å²) in [5, 5.41) is 16.3. The molecule has 0 bridgehead atoms. The average Bonchev–Trinajstić information content (AvgIpc) is 2.61. The fraction of sp³-hybridized carbons (Fsp3) is 0.105. The van der Waals surface area contributed by atoms with E-state index < -0.39 is 0 Å². The third kappa shape index (κ3) is 2.55. The molecule has 5 heteroatoms. The van der Waals surface area contributed by atoms with Gasteiger partial charge in [0.2, 0.25) is 5.91 Å². The zero-order chi connectivity index (χ0) is 16.5. The van der Waals surface area contributed by atoms with Crippen LogP contribution in [0.5, 0.6) is 0 Å². The number of amides is 1. The van der Waals surface area contributed by atoms with Gasteiger partial charge in [0.1, 0.15) is 0 Å². The van der Waals surface area contributed by atoms with Crippen molar-refractivity contribution in [2.75, 3.05) is 10.6 Å². The van der Waals surface area contributed by atoms with Crippen LogP contribution in [0.3, 0.4) is 0 Å². The quantitative estimate of drug-likeness (QED) is 0.755. The molecule has 2 aromatic carbocycles. The van der Waals surface area contributed by atoms with Gasteiger partial charge in [-0.25, -0.2) is 0 Å². The highest BCUT2D eigenvalue weighted by Crippen LogP contribution is 2.28. The number of aryl methyl sites for hydroxylation is 1. The summed E-state index contributed by atoms with van der Waals surface area (Å²) in [6.07, 6.45) is 3.01. The zero-order valence-electron chi connectivity index (χ0n) is 12.8. The number of carbonyl (C=O) groups is 1. The molecule has 0 radical (unpaired) electrons. The molecule has 2 heterocycles. The fourth-order valence-corrected chi connectivity index (χ4v) is 2.94. The maximum absolute atomic E-state index is 11.4. The molecule has 1 aromatic heterocycles. The third-order valence-electron chi connectivity index (χ3n) is 4.14. The van der Waals surface area contributed by atoms with E-state index in [-0.39, 0.29) is 5.91 Å². The number of nitriles is 1. The average molecular weight is 314 g/mol. The number of carbonyl (C=O) groups excluding carboxylic acids is 1. The molecule has 5 nitrogen and oxygen atoms in total. The predicted molar refractivity (Wildman–Crippen MR) is 93.1 cm³/mol. The number of nitrogens with zero attached hydrogens (tertiary/aromatic N) is 2. The monoisotopic (exact) mass is 314 g/mol. The van der Waals surface area contributed by atoms with Crippen molar-refractivity contribution >= 4 is 33.9 Å². The Morgan fingerprint density at radius 3 is 2.92 bits per heavy atom. The minimum atomic E-state index is 0.0611. The van der Waals surface area contributed by atoms with E-state index in [4.69, 9.17) is 0 Å².